The minimum atomic E-state index is 0.671. The van der Waals surface area contributed by atoms with Crippen LogP contribution in [-0.2, 0) is 0 Å². The zero-order valence-corrected chi connectivity index (χ0v) is 9.72. The summed E-state index contributed by atoms with van der Waals surface area (Å²) < 4.78 is 0. The Morgan fingerprint density at radius 2 is 2.20 bits per heavy atom. The van der Waals surface area contributed by atoms with Gasteiger partial charge in [-0.3, -0.25) is 4.98 Å². The molecular formula is C9H13N5S. The van der Waals surface area contributed by atoms with E-state index >= 15 is 0 Å². The third-order valence-electron chi connectivity index (χ3n) is 2.09. The number of rotatable bonds is 3. The number of anilines is 3. The van der Waals surface area contributed by atoms with Crippen molar-refractivity contribution < 1.29 is 0 Å². The lowest BCUT2D eigenvalue weighted by Crippen LogP contribution is -2.09. The van der Waals surface area contributed by atoms with Crippen LogP contribution in [0.15, 0.2) is 12.1 Å². The van der Waals surface area contributed by atoms with Crippen molar-refractivity contribution in [3.8, 4) is 0 Å². The van der Waals surface area contributed by atoms with Gasteiger partial charge in [-0.15, -0.1) is 21.5 Å². The van der Waals surface area contributed by atoms with E-state index in [0.717, 1.165) is 10.9 Å². The van der Waals surface area contributed by atoms with Gasteiger partial charge in [-0.25, -0.2) is 0 Å². The lowest BCUT2D eigenvalue weighted by Gasteiger charge is -2.11. The Morgan fingerprint density at radius 3 is 2.73 bits per heavy atom. The van der Waals surface area contributed by atoms with Gasteiger partial charge >= 0.3 is 0 Å². The molecule has 0 unspecified atom stereocenters. The summed E-state index contributed by atoms with van der Waals surface area (Å²) in [4.78, 5) is 6.33. The molecule has 6 heteroatoms. The Morgan fingerprint density at radius 1 is 1.40 bits per heavy atom. The van der Waals surface area contributed by atoms with Gasteiger partial charge in [0.15, 0.2) is 0 Å². The van der Waals surface area contributed by atoms with Crippen LogP contribution in [0.25, 0.3) is 0 Å². The summed E-state index contributed by atoms with van der Waals surface area (Å²) in [7, 11) is 3.77. The predicted molar refractivity (Wildman–Crippen MR) is 63.0 cm³/mol. The van der Waals surface area contributed by atoms with Crippen LogP contribution in [0.2, 0.25) is 0 Å². The third-order valence-corrected chi connectivity index (χ3v) is 3.16. The van der Waals surface area contributed by atoms with Gasteiger partial charge in [0.25, 0.3) is 0 Å². The molecule has 0 saturated heterocycles. The lowest BCUT2D eigenvalue weighted by molar-refractivity contribution is 1.04. The highest BCUT2D eigenvalue weighted by atomic mass is 32.1. The fourth-order valence-electron chi connectivity index (χ4n) is 1.22. The van der Waals surface area contributed by atoms with Gasteiger partial charge in [-0.1, -0.05) is 0 Å². The SMILES string of the molecule is CNc1nnc(N(C)c2ccc(C)s2)[nH]1. The van der Waals surface area contributed by atoms with Gasteiger partial charge in [0.2, 0.25) is 11.9 Å². The maximum absolute atomic E-state index is 4.04. The van der Waals surface area contributed by atoms with Crippen molar-refractivity contribution in [1.29, 1.82) is 0 Å². The van der Waals surface area contributed by atoms with E-state index in [9.17, 15) is 0 Å². The van der Waals surface area contributed by atoms with Gasteiger partial charge in [0.1, 0.15) is 0 Å². The highest BCUT2D eigenvalue weighted by Gasteiger charge is 2.10. The topological polar surface area (TPSA) is 56.8 Å². The Bertz CT molecular complexity index is 447. The third kappa shape index (κ3) is 1.94. The number of hydrogen-bond donors (Lipinski definition) is 2. The van der Waals surface area contributed by atoms with Crippen molar-refractivity contribution in [3.63, 3.8) is 0 Å². The van der Waals surface area contributed by atoms with Gasteiger partial charge in [0.05, 0.1) is 5.00 Å². The largest absolute Gasteiger partial charge is 0.358 e. The number of nitrogens with zero attached hydrogens (tertiary/aromatic N) is 3. The van der Waals surface area contributed by atoms with E-state index in [1.807, 2.05) is 11.9 Å². The summed E-state index contributed by atoms with van der Waals surface area (Å²) in [5.74, 6) is 1.41. The molecule has 0 saturated carbocycles. The number of aromatic nitrogens is 3. The maximum Gasteiger partial charge on any atom is 0.230 e. The molecule has 0 atom stereocenters. The minimum absolute atomic E-state index is 0.671. The molecule has 0 aliphatic rings. The second kappa shape index (κ2) is 3.90. The monoisotopic (exact) mass is 223 g/mol. The van der Waals surface area contributed by atoms with Gasteiger partial charge in [-0.2, -0.15) is 0 Å². The number of H-pyrrole nitrogens is 1. The molecule has 0 radical (unpaired) electrons. The summed E-state index contributed by atoms with van der Waals surface area (Å²) in [6.45, 7) is 2.08. The van der Waals surface area contributed by atoms with Crippen LogP contribution in [-0.4, -0.2) is 29.3 Å². The molecule has 2 aromatic rings. The molecule has 5 nitrogen and oxygen atoms in total. The predicted octanol–water partition coefficient (Wildman–Crippen LogP) is 1.98. The van der Waals surface area contributed by atoms with E-state index in [2.05, 4.69) is 39.6 Å². The van der Waals surface area contributed by atoms with E-state index in [-0.39, 0.29) is 0 Å². The first-order valence-corrected chi connectivity index (χ1v) is 5.43. The summed E-state index contributed by atoms with van der Waals surface area (Å²) in [6.07, 6.45) is 0. The molecule has 0 bridgehead atoms. The molecule has 2 heterocycles. The highest BCUT2D eigenvalue weighted by molar-refractivity contribution is 7.16. The molecule has 2 rings (SSSR count). The van der Waals surface area contributed by atoms with E-state index in [1.165, 1.54) is 4.88 Å². The summed E-state index contributed by atoms with van der Waals surface area (Å²) in [6, 6.07) is 4.16. The molecule has 2 aromatic heterocycles. The Hall–Kier alpha value is -1.56. The first-order valence-electron chi connectivity index (χ1n) is 4.61. The molecule has 0 aliphatic carbocycles. The van der Waals surface area contributed by atoms with Crippen molar-refractivity contribution in [1.82, 2.24) is 15.2 Å². The van der Waals surface area contributed by atoms with Crippen molar-refractivity contribution in [2.75, 3.05) is 24.3 Å². The number of hydrogen-bond acceptors (Lipinski definition) is 5. The zero-order valence-electron chi connectivity index (χ0n) is 8.90. The smallest absolute Gasteiger partial charge is 0.230 e. The van der Waals surface area contributed by atoms with Gasteiger partial charge < -0.3 is 10.2 Å². The average molecular weight is 223 g/mol. The summed E-state index contributed by atoms with van der Waals surface area (Å²) in [5.41, 5.74) is 0. The van der Waals surface area contributed by atoms with Crippen LogP contribution < -0.4 is 10.2 Å². The second-order valence-electron chi connectivity index (χ2n) is 3.19. The van der Waals surface area contributed by atoms with Crippen molar-refractivity contribution in [2.45, 2.75) is 6.92 Å². The normalized spacial score (nSPS) is 10.3. The van der Waals surface area contributed by atoms with Crippen molar-refractivity contribution >= 4 is 28.2 Å². The standard InChI is InChI=1S/C9H13N5S/c1-6-4-5-7(15-6)14(3)9-11-8(10-2)12-13-9/h4-5H,1-3H3,(H2,10,11,12,13). The fourth-order valence-corrected chi connectivity index (χ4v) is 2.05. The number of aromatic amines is 1. The van der Waals surface area contributed by atoms with E-state index in [0.29, 0.717) is 5.95 Å². The van der Waals surface area contributed by atoms with Crippen LogP contribution in [0.4, 0.5) is 16.9 Å². The molecule has 0 aromatic carbocycles. The van der Waals surface area contributed by atoms with E-state index in [4.69, 9.17) is 0 Å². The molecule has 0 fully saturated rings. The minimum Gasteiger partial charge on any atom is -0.358 e. The maximum atomic E-state index is 4.04. The lowest BCUT2D eigenvalue weighted by atomic mass is 10.5. The summed E-state index contributed by atoms with van der Waals surface area (Å²) in [5, 5.41) is 12.0. The van der Waals surface area contributed by atoms with E-state index in [1.54, 1.807) is 18.4 Å². The zero-order chi connectivity index (χ0) is 10.8. The van der Waals surface area contributed by atoms with Crippen LogP contribution in [0.3, 0.4) is 0 Å². The number of nitrogens with one attached hydrogen (secondary N) is 2. The van der Waals surface area contributed by atoms with Crippen LogP contribution in [0.5, 0.6) is 0 Å². The fraction of sp³-hybridized carbons (Fsp3) is 0.333. The van der Waals surface area contributed by atoms with Crippen molar-refractivity contribution in [3.05, 3.63) is 17.0 Å². The Kier molecular flexibility index (Phi) is 2.59. The van der Waals surface area contributed by atoms with Gasteiger partial charge in [-0.05, 0) is 19.1 Å². The molecule has 0 spiro atoms. The highest BCUT2D eigenvalue weighted by Crippen LogP contribution is 2.28. The Labute approximate surface area is 92.2 Å². The quantitative estimate of drug-likeness (QED) is 0.835. The van der Waals surface area contributed by atoms with Crippen LogP contribution in [0.1, 0.15) is 4.88 Å². The molecule has 80 valence electrons. The molecular weight excluding hydrogens is 210 g/mol. The van der Waals surface area contributed by atoms with E-state index < -0.39 is 0 Å². The number of thiophene rings is 1. The van der Waals surface area contributed by atoms with Gasteiger partial charge in [0, 0.05) is 19.0 Å². The molecule has 2 N–H and O–H groups in total. The molecule has 0 aliphatic heterocycles. The first kappa shape index (κ1) is 9.97. The first-order chi connectivity index (χ1) is 7.20. The Balaban J connectivity index is 2.23. The van der Waals surface area contributed by atoms with Crippen LogP contribution in [0, 0.1) is 6.92 Å². The van der Waals surface area contributed by atoms with Crippen LogP contribution >= 0.6 is 11.3 Å². The average Bonchev–Trinajstić information content (AvgIpc) is 2.84. The number of aryl methyl sites for hydroxylation is 1. The summed E-state index contributed by atoms with van der Waals surface area (Å²) >= 11 is 1.73. The second-order valence-corrected chi connectivity index (χ2v) is 4.46. The molecule has 0 amide bonds. The molecule has 15 heavy (non-hydrogen) atoms. The van der Waals surface area contributed by atoms with Crippen molar-refractivity contribution in [2.24, 2.45) is 0 Å².